The van der Waals surface area contributed by atoms with Crippen molar-refractivity contribution in [2.75, 3.05) is 12.0 Å². The summed E-state index contributed by atoms with van der Waals surface area (Å²) in [4.78, 5) is 63.9. The van der Waals surface area contributed by atoms with E-state index in [9.17, 15) is 29.1 Å². The number of benzene rings is 1. The number of aliphatic carboxylic acids is 2. The molecule has 4 unspecified atom stereocenters. The number of carbonyl (C=O) groups excluding carboxylic acids is 3. The molecule has 2 aromatic rings. The first-order valence-corrected chi connectivity index (χ1v) is 13.1. The molecular weight excluding hydrogens is 502 g/mol. The lowest BCUT2D eigenvalue weighted by Crippen LogP contribution is -2.56. The fourth-order valence-corrected chi connectivity index (χ4v) is 4.08. The molecule has 0 bridgehead atoms. The van der Waals surface area contributed by atoms with Crippen molar-refractivity contribution in [3.63, 3.8) is 0 Å². The molecule has 1 heterocycles. The third kappa shape index (κ3) is 9.10. The Morgan fingerprint density at radius 1 is 0.973 bits per heavy atom. The van der Waals surface area contributed by atoms with Crippen LogP contribution in [0.15, 0.2) is 30.5 Å². The molecule has 3 amide bonds. The van der Waals surface area contributed by atoms with Gasteiger partial charge in [-0.3, -0.25) is 19.2 Å². The third-order valence-corrected chi connectivity index (χ3v) is 6.36. The van der Waals surface area contributed by atoms with Crippen LogP contribution in [0.25, 0.3) is 10.9 Å². The molecule has 1 aromatic heterocycles. The van der Waals surface area contributed by atoms with E-state index in [1.54, 1.807) is 12.3 Å². The second-order valence-electron chi connectivity index (χ2n) is 8.57. The van der Waals surface area contributed by atoms with E-state index in [-0.39, 0.29) is 12.8 Å². The highest BCUT2D eigenvalue weighted by atomic mass is 32.2. The lowest BCUT2D eigenvalue weighted by molar-refractivity contribution is -0.143. The van der Waals surface area contributed by atoms with Crippen molar-refractivity contribution in [3.8, 4) is 0 Å². The number of nitrogens with one attached hydrogen (secondary N) is 4. The Morgan fingerprint density at radius 2 is 1.65 bits per heavy atom. The topological polar surface area (TPSA) is 204 Å². The molecule has 0 spiro atoms. The van der Waals surface area contributed by atoms with Gasteiger partial charge in [-0.05, 0) is 43.4 Å². The number of aromatic nitrogens is 1. The molecule has 202 valence electrons. The van der Waals surface area contributed by atoms with Gasteiger partial charge in [0.15, 0.2) is 0 Å². The lowest BCUT2D eigenvalue weighted by atomic mass is 10.0. The molecule has 0 radical (unpaired) electrons. The number of H-pyrrole nitrogens is 1. The van der Waals surface area contributed by atoms with Gasteiger partial charge in [0, 0.05) is 29.9 Å². The number of nitrogens with two attached hydrogens (primary N) is 1. The van der Waals surface area contributed by atoms with E-state index in [4.69, 9.17) is 10.8 Å². The van der Waals surface area contributed by atoms with Gasteiger partial charge in [0.1, 0.15) is 18.1 Å². The number of amides is 3. The summed E-state index contributed by atoms with van der Waals surface area (Å²) in [6.07, 6.45) is 3.19. The number of carbonyl (C=O) groups is 5. The molecule has 0 saturated carbocycles. The van der Waals surface area contributed by atoms with Crippen molar-refractivity contribution in [1.29, 1.82) is 0 Å². The van der Waals surface area contributed by atoms with E-state index < -0.39 is 60.2 Å². The first kappa shape index (κ1) is 29.6. The van der Waals surface area contributed by atoms with Crippen LogP contribution in [0.3, 0.4) is 0 Å². The highest BCUT2D eigenvalue weighted by Crippen LogP contribution is 2.19. The summed E-state index contributed by atoms with van der Waals surface area (Å²) >= 11 is 1.52. The minimum absolute atomic E-state index is 0.0366. The molecule has 0 saturated heterocycles. The van der Waals surface area contributed by atoms with Crippen LogP contribution in [0.5, 0.6) is 0 Å². The zero-order valence-corrected chi connectivity index (χ0v) is 21.5. The number of para-hydroxylation sites is 1. The number of hydrogen-bond acceptors (Lipinski definition) is 7. The summed E-state index contributed by atoms with van der Waals surface area (Å²) < 4.78 is 0. The smallest absolute Gasteiger partial charge is 0.326 e. The van der Waals surface area contributed by atoms with Crippen LogP contribution in [0.4, 0.5) is 0 Å². The summed E-state index contributed by atoms with van der Waals surface area (Å²) in [6, 6.07) is 2.75. The molecule has 0 fully saturated rings. The van der Waals surface area contributed by atoms with Crippen molar-refractivity contribution >= 4 is 52.3 Å². The van der Waals surface area contributed by atoms with Crippen LogP contribution in [0.1, 0.15) is 31.7 Å². The van der Waals surface area contributed by atoms with E-state index >= 15 is 0 Å². The zero-order chi connectivity index (χ0) is 27.5. The second-order valence-corrected chi connectivity index (χ2v) is 9.56. The molecule has 13 heteroatoms. The molecule has 0 aliphatic carbocycles. The predicted octanol–water partition coefficient (Wildman–Crippen LogP) is 0.215. The normalized spacial score (nSPS) is 14.2. The van der Waals surface area contributed by atoms with E-state index in [2.05, 4.69) is 20.9 Å². The molecule has 8 N–H and O–H groups in total. The van der Waals surface area contributed by atoms with Crippen molar-refractivity contribution in [1.82, 2.24) is 20.9 Å². The predicted molar refractivity (Wildman–Crippen MR) is 139 cm³/mol. The molecule has 1 aromatic carbocycles. The Hall–Kier alpha value is -3.58. The van der Waals surface area contributed by atoms with Crippen molar-refractivity contribution in [3.05, 3.63) is 36.0 Å². The van der Waals surface area contributed by atoms with Crippen LogP contribution in [0, 0.1) is 0 Å². The van der Waals surface area contributed by atoms with Crippen LogP contribution in [0.2, 0.25) is 0 Å². The van der Waals surface area contributed by atoms with E-state index in [0.29, 0.717) is 17.7 Å². The Kier molecular flexibility index (Phi) is 11.4. The van der Waals surface area contributed by atoms with E-state index in [1.165, 1.54) is 18.7 Å². The lowest BCUT2D eigenvalue weighted by Gasteiger charge is -2.23. The van der Waals surface area contributed by atoms with Gasteiger partial charge < -0.3 is 36.9 Å². The van der Waals surface area contributed by atoms with E-state index in [0.717, 1.165) is 10.9 Å². The first-order valence-electron chi connectivity index (χ1n) is 11.7. The Labute approximate surface area is 218 Å². The van der Waals surface area contributed by atoms with Gasteiger partial charge >= 0.3 is 11.9 Å². The summed E-state index contributed by atoms with van der Waals surface area (Å²) in [5, 5.41) is 26.9. The number of fused-ring (bicyclic) bond motifs is 1. The Morgan fingerprint density at radius 3 is 2.30 bits per heavy atom. The molecule has 4 atom stereocenters. The average Bonchev–Trinajstić information content (AvgIpc) is 3.26. The summed E-state index contributed by atoms with van der Waals surface area (Å²) in [7, 11) is 0. The highest BCUT2D eigenvalue weighted by molar-refractivity contribution is 7.98. The van der Waals surface area contributed by atoms with Crippen LogP contribution in [-0.4, -0.2) is 81.0 Å². The SMILES string of the molecule is CSCCC(N)C(=O)NC(C)C(=O)NC(CCC(=O)O)C(=O)NC(Cc1c[nH]c2ccccc12)C(=O)O. The maximum absolute atomic E-state index is 13.0. The zero-order valence-electron chi connectivity index (χ0n) is 20.7. The van der Waals surface area contributed by atoms with Crippen LogP contribution < -0.4 is 21.7 Å². The van der Waals surface area contributed by atoms with Crippen molar-refractivity contribution in [2.45, 2.75) is 56.8 Å². The minimum Gasteiger partial charge on any atom is -0.481 e. The van der Waals surface area contributed by atoms with Crippen molar-refractivity contribution in [2.24, 2.45) is 5.73 Å². The standard InChI is InChI=1S/C24H33N5O7S/c1-13(27-22(33)16(25)9-10-37-2)21(32)28-18(7-8-20(30)31)23(34)29-19(24(35)36)11-14-12-26-17-6-4-3-5-15(14)17/h3-6,12-13,16,18-19,26H,7-11,25H2,1-2H3,(H,27,33)(H,28,32)(H,29,34)(H,30,31)(H,35,36). The van der Waals surface area contributed by atoms with Crippen molar-refractivity contribution < 1.29 is 34.2 Å². The van der Waals surface area contributed by atoms with Gasteiger partial charge in [-0.2, -0.15) is 11.8 Å². The number of carboxylic acid groups (broad SMARTS) is 2. The summed E-state index contributed by atoms with van der Waals surface area (Å²) in [5.41, 5.74) is 7.29. The maximum atomic E-state index is 13.0. The maximum Gasteiger partial charge on any atom is 0.326 e. The number of hydrogen-bond donors (Lipinski definition) is 7. The van der Waals surface area contributed by atoms with Crippen LogP contribution in [-0.2, 0) is 30.4 Å². The molecule has 12 nitrogen and oxygen atoms in total. The van der Waals surface area contributed by atoms with Gasteiger partial charge in [0.05, 0.1) is 6.04 Å². The number of thioether (sulfide) groups is 1. The molecule has 0 aliphatic heterocycles. The number of carboxylic acids is 2. The largest absolute Gasteiger partial charge is 0.481 e. The Balaban J connectivity index is 2.08. The first-order chi connectivity index (χ1) is 17.5. The summed E-state index contributed by atoms with van der Waals surface area (Å²) in [5.74, 6) is -3.94. The molecular formula is C24H33N5O7S. The van der Waals surface area contributed by atoms with Gasteiger partial charge in [-0.25, -0.2) is 4.79 Å². The van der Waals surface area contributed by atoms with Gasteiger partial charge in [0.25, 0.3) is 0 Å². The quantitative estimate of drug-likeness (QED) is 0.166. The fourth-order valence-electron chi connectivity index (χ4n) is 3.59. The van der Waals surface area contributed by atoms with Gasteiger partial charge in [0.2, 0.25) is 17.7 Å². The third-order valence-electron chi connectivity index (χ3n) is 5.72. The molecule has 2 rings (SSSR count). The van der Waals surface area contributed by atoms with Gasteiger partial charge in [-0.1, -0.05) is 18.2 Å². The average molecular weight is 536 g/mol. The van der Waals surface area contributed by atoms with Gasteiger partial charge in [-0.15, -0.1) is 0 Å². The second kappa shape index (κ2) is 14.2. The number of rotatable bonds is 15. The fraction of sp³-hybridized carbons (Fsp3) is 0.458. The highest BCUT2D eigenvalue weighted by Gasteiger charge is 2.29. The number of aromatic amines is 1. The van der Waals surface area contributed by atoms with E-state index in [1.807, 2.05) is 24.5 Å². The molecule has 0 aliphatic rings. The minimum atomic E-state index is -1.34. The summed E-state index contributed by atoms with van der Waals surface area (Å²) in [6.45, 7) is 1.40. The van der Waals surface area contributed by atoms with Crippen LogP contribution >= 0.6 is 11.8 Å². The Bertz CT molecular complexity index is 1120. The monoisotopic (exact) mass is 535 g/mol. The molecule has 37 heavy (non-hydrogen) atoms.